The van der Waals surface area contributed by atoms with E-state index in [1.807, 2.05) is 18.5 Å². The van der Waals surface area contributed by atoms with E-state index in [4.69, 9.17) is 9.72 Å². The van der Waals surface area contributed by atoms with E-state index in [1.54, 1.807) is 6.07 Å². The third kappa shape index (κ3) is 4.74. The predicted molar refractivity (Wildman–Crippen MR) is 120 cm³/mol. The van der Waals surface area contributed by atoms with E-state index in [0.29, 0.717) is 24.0 Å². The molecule has 32 heavy (non-hydrogen) atoms. The second-order valence-electron chi connectivity index (χ2n) is 8.95. The van der Waals surface area contributed by atoms with E-state index in [-0.39, 0.29) is 18.0 Å². The van der Waals surface area contributed by atoms with Crippen molar-refractivity contribution in [1.82, 2.24) is 20.3 Å². The first-order valence-corrected chi connectivity index (χ1v) is 11.6. The SMILES string of the molecule is OC1CCC(c2cnc(OC3CCNCC3)c3cnc(Cc4cccc(F)c4)nc23)CC1. The van der Waals surface area contributed by atoms with Crippen LogP contribution in [-0.2, 0) is 6.42 Å². The number of aliphatic hydroxyl groups excluding tert-OH is 1. The van der Waals surface area contributed by atoms with Gasteiger partial charge in [0.1, 0.15) is 17.7 Å². The number of nitrogens with one attached hydrogen (secondary N) is 1. The molecule has 6 nitrogen and oxygen atoms in total. The molecule has 0 unspecified atom stereocenters. The minimum absolute atomic E-state index is 0.134. The van der Waals surface area contributed by atoms with Gasteiger partial charge in [-0.15, -0.1) is 0 Å². The summed E-state index contributed by atoms with van der Waals surface area (Å²) in [5.41, 5.74) is 2.80. The molecule has 3 aromatic rings. The summed E-state index contributed by atoms with van der Waals surface area (Å²) in [7, 11) is 0. The predicted octanol–water partition coefficient (Wildman–Crippen LogP) is 3.90. The Hall–Kier alpha value is -2.64. The van der Waals surface area contributed by atoms with Crippen LogP contribution in [0.5, 0.6) is 5.88 Å². The molecule has 2 aliphatic rings. The van der Waals surface area contributed by atoms with Crippen molar-refractivity contribution in [3.8, 4) is 5.88 Å². The molecular weight excluding hydrogens is 407 g/mol. The van der Waals surface area contributed by atoms with Crippen LogP contribution in [0.3, 0.4) is 0 Å². The molecule has 0 radical (unpaired) electrons. The van der Waals surface area contributed by atoms with Gasteiger partial charge >= 0.3 is 0 Å². The zero-order valence-electron chi connectivity index (χ0n) is 18.1. The molecule has 1 saturated heterocycles. The van der Waals surface area contributed by atoms with Crippen LogP contribution < -0.4 is 10.1 Å². The standard InChI is InChI=1S/C25H29FN4O2/c26-18-3-1-2-16(12-18)13-23-28-15-22-24(30-23)21(17-4-6-19(31)7-5-17)14-29-25(22)32-20-8-10-27-11-9-20/h1-3,12,14-15,17,19-20,27,31H,4-11,13H2. The number of fused-ring (bicyclic) bond motifs is 1. The number of aliphatic hydroxyl groups is 1. The summed E-state index contributed by atoms with van der Waals surface area (Å²) in [4.78, 5) is 14.2. The van der Waals surface area contributed by atoms with Gasteiger partial charge in [0.05, 0.1) is 17.0 Å². The van der Waals surface area contributed by atoms with Crippen LogP contribution in [0.25, 0.3) is 10.9 Å². The lowest BCUT2D eigenvalue weighted by Gasteiger charge is -2.27. The molecule has 5 rings (SSSR count). The highest BCUT2D eigenvalue weighted by molar-refractivity contribution is 5.85. The van der Waals surface area contributed by atoms with Crippen molar-refractivity contribution < 1.29 is 14.2 Å². The Bertz CT molecular complexity index is 1080. The molecule has 1 aliphatic carbocycles. The van der Waals surface area contributed by atoms with Crippen LogP contribution in [0.4, 0.5) is 4.39 Å². The number of rotatable bonds is 5. The molecule has 0 bridgehead atoms. The summed E-state index contributed by atoms with van der Waals surface area (Å²) in [6.45, 7) is 1.89. The molecular formula is C25H29FN4O2. The number of hydrogen-bond acceptors (Lipinski definition) is 6. The summed E-state index contributed by atoms with van der Waals surface area (Å²) in [5, 5.41) is 14.1. The minimum Gasteiger partial charge on any atom is -0.474 e. The maximum atomic E-state index is 13.6. The Kier molecular flexibility index (Phi) is 6.28. The Morgan fingerprint density at radius 2 is 1.84 bits per heavy atom. The molecule has 1 saturated carbocycles. The number of nitrogens with zero attached hydrogens (tertiary/aromatic N) is 3. The van der Waals surface area contributed by atoms with E-state index >= 15 is 0 Å². The Morgan fingerprint density at radius 3 is 2.62 bits per heavy atom. The largest absolute Gasteiger partial charge is 0.474 e. The van der Waals surface area contributed by atoms with Gasteiger partial charge in [0, 0.05) is 24.4 Å². The molecule has 0 amide bonds. The van der Waals surface area contributed by atoms with E-state index < -0.39 is 0 Å². The normalized spacial score (nSPS) is 22.2. The molecule has 168 valence electrons. The van der Waals surface area contributed by atoms with Crippen molar-refractivity contribution in [1.29, 1.82) is 0 Å². The zero-order chi connectivity index (χ0) is 21.9. The molecule has 2 N–H and O–H groups in total. The fraction of sp³-hybridized carbons (Fsp3) is 0.480. The number of pyridine rings is 1. The molecule has 1 aromatic carbocycles. The first-order valence-electron chi connectivity index (χ1n) is 11.6. The number of hydrogen-bond donors (Lipinski definition) is 2. The average Bonchev–Trinajstić information content (AvgIpc) is 2.81. The van der Waals surface area contributed by atoms with Gasteiger partial charge in [-0.2, -0.15) is 0 Å². The highest BCUT2D eigenvalue weighted by Crippen LogP contribution is 2.37. The Balaban J connectivity index is 1.51. The number of ether oxygens (including phenoxy) is 1. The number of halogens is 1. The van der Waals surface area contributed by atoms with Crippen molar-refractivity contribution >= 4 is 10.9 Å². The molecule has 0 spiro atoms. The number of piperidine rings is 1. The average molecular weight is 437 g/mol. The van der Waals surface area contributed by atoms with Crippen molar-refractivity contribution in [3.05, 3.63) is 59.4 Å². The first kappa shape index (κ1) is 21.2. The number of aromatic nitrogens is 3. The van der Waals surface area contributed by atoms with Gasteiger partial charge < -0.3 is 15.2 Å². The third-order valence-corrected chi connectivity index (χ3v) is 6.62. The van der Waals surface area contributed by atoms with Crippen molar-refractivity contribution in [2.45, 2.75) is 63.1 Å². The van der Waals surface area contributed by atoms with Crippen LogP contribution >= 0.6 is 0 Å². The van der Waals surface area contributed by atoms with Crippen LogP contribution in [-0.4, -0.2) is 45.4 Å². The van der Waals surface area contributed by atoms with Crippen LogP contribution in [0.15, 0.2) is 36.7 Å². The third-order valence-electron chi connectivity index (χ3n) is 6.62. The number of benzene rings is 1. The topological polar surface area (TPSA) is 80.2 Å². The van der Waals surface area contributed by atoms with Gasteiger partial charge in [-0.1, -0.05) is 12.1 Å². The molecule has 3 heterocycles. The van der Waals surface area contributed by atoms with Crippen LogP contribution in [0.1, 0.15) is 61.4 Å². The minimum atomic E-state index is -0.258. The monoisotopic (exact) mass is 436 g/mol. The molecule has 0 atom stereocenters. The van der Waals surface area contributed by atoms with Gasteiger partial charge in [-0.25, -0.2) is 19.3 Å². The van der Waals surface area contributed by atoms with E-state index in [0.717, 1.165) is 73.6 Å². The molecule has 1 aliphatic heterocycles. The lowest BCUT2D eigenvalue weighted by Crippen LogP contribution is -2.34. The summed E-state index contributed by atoms with van der Waals surface area (Å²) >= 11 is 0. The fourth-order valence-corrected chi connectivity index (χ4v) is 4.82. The van der Waals surface area contributed by atoms with Gasteiger partial charge in [-0.3, -0.25) is 0 Å². The smallest absolute Gasteiger partial charge is 0.224 e. The van der Waals surface area contributed by atoms with Crippen molar-refractivity contribution in [2.24, 2.45) is 0 Å². The fourth-order valence-electron chi connectivity index (χ4n) is 4.82. The van der Waals surface area contributed by atoms with E-state index in [1.165, 1.54) is 12.1 Å². The lowest BCUT2D eigenvalue weighted by atomic mass is 9.82. The highest BCUT2D eigenvalue weighted by atomic mass is 19.1. The lowest BCUT2D eigenvalue weighted by molar-refractivity contribution is 0.122. The second kappa shape index (κ2) is 9.46. The van der Waals surface area contributed by atoms with Crippen LogP contribution in [0, 0.1) is 5.82 Å². The van der Waals surface area contributed by atoms with E-state index in [2.05, 4.69) is 15.3 Å². The van der Waals surface area contributed by atoms with E-state index in [9.17, 15) is 9.50 Å². The summed E-state index contributed by atoms with van der Waals surface area (Å²) < 4.78 is 19.9. The summed E-state index contributed by atoms with van der Waals surface area (Å²) in [6.07, 6.45) is 9.40. The first-order chi connectivity index (χ1) is 15.7. The Labute approximate surface area is 187 Å². The van der Waals surface area contributed by atoms with Gasteiger partial charge in [0.25, 0.3) is 0 Å². The quantitative estimate of drug-likeness (QED) is 0.631. The van der Waals surface area contributed by atoms with Crippen molar-refractivity contribution in [2.75, 3.05) is 13.1 Å². The summed E-state index contributed by atoms with van der Waals surface area (Å²) in [6, 6.07) is 6.56. The maximum absolute atomic E-state index is 13.6. The van der Waals surface area contributed by atoms with Gasteiger partial charge in [0.2, 0.25) is 5.88 Å². The molecule has 2 fully saturated rings. The van der Waals surface area contributed by atoms with Crippen molar-refractivity contribution in [3.63, 3.8) is 0 Å². The zero-order valence-corrected chi connectivity index (χ0v) is 18.1. The highest BCUT2D eigenvalue weighted by Gasteiger charge is 2.25. The van der Waals surface area contributed by atoms with Gasteiger partial charge in [-0.05, 0) is 75.2 Å². The van der Waals surface area contributed by atoms with Gasteiger partial charge in [0.15, 0.2) is 0 Å². The molecule has 7 heteroatoms. The second-order valence-corrected chi connectivity index (χ2v) is 8.95. The summed E-state index contributed by atoms with van der Waals surface area (Å²) in [5.74, 6) is 1.29. The van der Waals surface area contributed by atoms with Crippen LogP contribution in [0.2, 0.25) is 0 Å². The molecule has 2 aromatic heterocycles. The Morgan fingerprint density at radius 1 is 1.03 bits per heavy atom. The maximum Gasteiger partial charge on any atom is 0.224 e.